The number of hydrogen-bond acceptors (Lipinski definition) is 5. The van der Waals surface area contributed by atoms with Gasteiger partial charge in [0.25, 0.3) is 0 Å². The lowest BCUT2D eigenvalue weighted by Gasteiger charge is -2.40. The normalized spacial score (nSPS) is 28.5. The van der Waals surface area contributed by atoms with Crippen LogP contribution in [0.1, 0.15) is 41.5 Å². The number of carbonyl (C=O) groups is 2. The molecule has 2 aliphatic rings. The number of rotatable bonds is 6. The van der Waals surface area contributed by atoms with Gasteiger partial charge in [0.2, 0.25) is 0 Å². The first-order valence-corrected chi connectivity index (χ1v) is 16.5. The lowest BCUT2D eigenvalue weighted by Crippen LogP contribution is -2.46. The number of ether oxygens (including phenoxy) is 1. The van der Waals surface area contributed by atoms with Gasteiger partial charge in [-0.2, -0.15) is 0 Å². The predicted octanol–water partition coefficient (Wildman–Crippen LogP) is 5.15. The fraction of sp³-hybridized carbons (Fsp3) is 0.818. The zero-order valence-corrected chi connectivity index (χ0v) is 21.9. The number of fused-ring (bicyclic) bond motifs is 1. The van der Waals surface area contributed by atoms with Crippen molar-refractivity contribution in [2.75, 3.05) is 13.2 Å². The van der Waals surface area contributed by atoms with Crippen LogP contribution in [-0.4, -0.2) is 41.8 Å². The SMILES string of the molecule is CC(C)(C)[Si](C)(C)OCC1C=CC(CO[Si](C)(C)C(C)(C)C)C2C(=O)OC(=O)C12. The van der Waals surface area contributed by atoms with Crippen LogP contribution in [0.3, 0.4) is 0 Å². The second-order valence-corrected chi connectivity index (χ2v) is 21.3. The van der Waals surface area contributed by atoms with Gasteiger partial charge in [-0.1, -0.05) is 53.7 Å². The molecule has 4 atom stereocenters. The van der Waals surface area contributed by atoms with Crippen LogP contribution in [0.4, 0.5) is 0 Å². The fourth-order valence-corrected chi connectivity index (χ4v) is 5.38. The second-order valence-electron chi connectivity index (χ2n) is 11.6. The summed E-state index contributed by atoms with van der Waals surface area (Å²) in [6.45, 7) is 22.9. The van der Waals surface area contributed by atoms with Crippen LogP contribution >= 0.6 is 0 Å². The molecule has 0 saturated carbocycles. The molecule has 1 heterocycles. The molecule has 0 bridgehead atoms. The van der Waals surface area contributed by atoms with Gasteiger partial charge >= 0.3 is 11.9 Å². The smallest absolute Gasteiger partial charge is 0.318 e. The van der Waals surface area contributed by atoms with E-state index in [0.29, 0.717) is 13.2 Å². The first-order valence-electron chi connectivity index (χ1n) is 10.7. The molecule has 1 aliphatic heterocycles. The maximum absolute atomic E-state index is 12.5. The Hall–Kier alpha value is -0.766. The van der Waals surface area contributed by atoms with Crippen LogP contribution in [0, 0.1) is 23.7 Å². The van der Waals surface area contributed by atoms with Crippen LogP contribution < -0.4 is 0 Å². The molecule has 166 valence electrons. The summed E-state index contributed by atoms with van der Waals surface area (Å²) in [6.07, 6.45) is 4.10. The number of cyclic esters (lactones) is 2. The van der Waals surface area contributed by atoms with E-state index in [1.54, 1.807) is 0 Å². The van der Waals surface area contributed by atoms with Gasteiger partial charge in [-0.05, 0) is 36.3 Å². The molecule has 0 spiro atoms. The second kappa shape index (κ2) is 8.06. The number of hydrogen-bond donors (Lipinski definition) is 0. The minimum atomic E-state index is -1.94. The first-order chi connectivity index (χ1) is 13.0. The Balaban J connectivity index is 2.16. The molecule has 0 amide bonds. The average molecular weight is 441 g/mol. The van der Waals surface area contributed by atoms with Crippen molar-refractivity contribution >= 4 is 28.6 Å². The Morgan fingerprint density at radius 3 is 1.34 bits per heavy atom. The van der Waals surface area contributed by atoms with E-state index in [1.165, 1.54) is 0 Å². The third-order valence-corrected chi connectivity index (χ3v) is 16.5. The van der Waals surface area contributed by atoms with E-state index in [4.69, 9.17) is 13.6 Å². The van der Waals surface area contributed by atoms with E-state index in [1.807, 2.05) is 12.2 Å². The van der Waals surface area contributed by atoms with Crippen molar-refractivity contribution < 1.29 is 23.2 Å². The molecule has 0 aromatic rings. The quantitative estimate of drug-likeness (QED) is 0.247. The molecule has 1 saturated heterocycles. The lowest BCUT2D eigenvalue weighted by atomic mass is 9.72. The fourth-order valence-electron chi connectivity index (χ4n) is 3.30. The molecule has 4 unspecified atom stereocenters. The Labute approximate surface area is 178 Å². The van der Waals surface area contributed by atoms with E-state index < -0.39 is 40.4 Å². The molecule has 2 rings (SSSR count). The Kier molecular flexibility index (Phi) is 6.81. The van der Waals surface area contributed by atoms with E-state index >= 15 is 0 Å². The minimum Gasteiger partial charge on any atom is -0.416 e. The van der Waals surface area contributed by atoms with E-state index in [-0.39, 0.29) is 21.9 Å². The van der Waals surface area contributed by atoms with Gasteiger partial charge in [0.05, 0.1) is 11.8 Å². The van der Waals surface area contributed by atoms with Crippen molar-refractivity contribution in [2.45, 2.75) is 77.8 Å². The topological polar surface area (TPSA) is 61.8 Å². The van der Waals surface area contributed by atoms with E-state index in [0.717, 1.165) is 0 Å². The predicted molar refractivity (Wildman–Crippen MR) is 120 cm³/mol. The van der Waals surface area contributed by atoms with Crippen LogP contribution in [0.25, 0.3) is 0 Å². The van der Waals surface area contributed by atoms with Gasteiger partial charge in [0.15, 0.2) is 16.6 Å². The number of esters is 2. The molecule has 0 aromatic heterocycles. The zero-order valence-electron chi connectivity index (χ0n) is 19.9. The molecule has 7 heteroatoms. The maximum atomic E-state index is 12.5. The summed E-state index contributed by atoms with van der Waals surface area (Å²) in [5.41, 5.74) is 0. The standard InChI is InChI=1S/C22H40O5Si2/c1-21(2,3)28(7,8)25-13-15-11-12-16(14-26-29(9,10)22(4,5)6)18-17(15)19(23)27-20(18)24/h11-12,15-18H,13-14H2,1-10H3. The van der Waals surface area contributed by atoms with E-state index in [2.05, 4.69) is 67.7 Å². The molecular weight excluding hydrogens is 400 g/mol. The highest BCUT2D eigenvalue weighted by Gasteiger charge is 2.53. The van der Waals surface area contributed by atoms with E-state index in [9.17, 15) is 9.59 Å². The highest BCUT2D eigenvalue weighted by atomic mass is 28.4. The molecule has 1 aliphatic carbocycles. The van der Waals surface area contributed by atoms with Gasteiger partial charge in [-0.15, -0.1) is 0 Å². The van der Waals surface area contributed by atoms with Gasteiger partial charge in [0.1, 0.15) is 0 Å². The molecule has 0 radical (unpaired) electrons. The summed E-state index contributed by atoms with van der Waals surface area (Å²) >= 11 is 0. The average Bonchev–Trinajstić information content (AvgIpc) is 2.85. The monoisotopic (exact) mass is 440 g/mol. The van der Waals surface area contributed by atoms with Crippen molar-refractivity contribution in [1.29, 1.82) is 0 Å². The highest BCUT2D eigenvalue weighted by Crippen LogP contribution is 2.44. The van der Waals surface area contributed by atoms with Crippen molar-refractivity contribution in [3.05, 3.63) is 12.2 Å². The van der Waals surface area contributed by atoms with Crippen LogP contribution in [0.5, 0.6) is 0 Å². The van der Waals surface area contributed by atoms with Gasteiger partial charge in [-0.25, -0.2) is 0 Å². The lowest BCUT2D eigenvalue weighted by molar-refractivity contribution is -0.154. The summed E-state index contributed by atoms with van der Waals surface area (Å²) in [7, 11) is -3.88. The molecule has 1 fully saturated rings. The van der Waals surface area contributed by atoms with Crippen LogP contribution in [0.2, 0.25) is 36.3 Å². The Morgan fingerprint density at radius 2 is 1.07 bits per heavy atom. The molecule has 29 heavy (non-hydrogen) atoms. The van der Waals surface area contributed by atoms with Crippen molar-refractivity contribution in [1.82, 2.24) is 0 Å². The summed E-state index contributed by atoms with van der Waals surface area (Å²) in [6, 6.07) is 0. The molecule has 0 aromatic carbocycles. The number of carbonyl (C=O) groups excluding carboxylic acids is 2. The molecular formula is C22H40O5Si2. The van der Waals surface area contributed by atoms with Gasteiger partial charge < -0.3 is 13.6 Å². The summed E-state index contributed by atoms with van der Waals surface area (Å²) in [4.78, 5) is 25.0. The van der Waals surface area contributed by atoms with Crippen LogP contribution in [-0.2, 0) is 23.2 Å². The third-order valence-electron chi connectivity index (χ3n) is 7.55. The zero-order chi connectivity index (χ0) is 22.4. The molecule has 0 N–H and O–H groups in total. The Bertz CT molecular complexity index is 614. The first kappa shape index (κ1) is 24.5. The van der Waals surface area contributed by atoms with Gasteiger partial charge in [-0.3, -0.25) is 9.59 Å². The Morgan fingerprint density at radius 1 is 0.759 bits per heavy atom. The summed E-state index contributed by atoms with van der Waals surface area (Å²) < 4.78 is 17.8. The highest BCUT2D eigenvalue weighted by molar-refractivity contribution is 6.74. The van der Waals surface area contributed by atoms with Crippen molar-refractivity contribution in [3.8, 4) is 0 Å². The van der Waals surface area contributed by atoms with Gasteiger partial charge in [0, 0.05) is 25.0 Å². The third kappa shape index (κ3) is 5.11. The molecule has 5 nitrogen and oxygen atoms in total. The van der Waals surface area contributed by atoms with Crippen molar-refractivity contribution in [3.63, 3.8) is 0 Å². The summed E-state index contributed by atoms with van der Waals surface area (Å²) in [5, 5.41) is 0.187. The van der Waals surface area contributed by atoms with Crippen molar-refractivity contribution in [2.24, 2.45) is 23.7 Å². The minimum absolute atomic E-state index is 0.0936. The summed E-state index contributed by atoms with van der Waals surface area (Å²) in [5.74, 6) is -2.01. The van der Waals surface area contributed by atoms with Crippen LogP contribution in [0.15, 0.2) is 12.2 Å². The maximum Gasteiger partial charge on any atom is 0.318 e. The largest absolute Gasteiger partial charge is 0.416 e.